The van der Waals surface area contributed by atoms with Crippen LogP contribution in [0.3, 0.4) is 0 Å². The molecule has 1 fully saturated rings. The summed E-state index contributed by atoms with van der Waals surface area (Å²) in [6, 6.07) is 3.31. The fourth-order valence-electron chi connectivity index (χ4n) is 1.83. The lowest BCUT2D eigenvalue weighted by Gasteiger charge is -2.17. The van der Waals surface area contributed by atoms with Crippen molar-refractivity contribution in [1.82, 2.24) is 5.32 Å². The van der Waals surface area contributed by atoms with E-state index in [1.807, 2.05) is 13.8 Å². The van der Waals surface area contributed by atoms with Gasteiger partial charge in [0.2, 0.25) is 0 Å². The van der Waals surface area contributed by atoms with Crippen molar-refractivity contribution in [3.63, 3.8) is 0 Å². The Labute approximate surface area is 121 Å². The van der Waals surface area contributed by atoms with Gasteiger partial charge in [-0.25, -0.2) is 9.18 Å². The van der Waals surface area contributed by atoms with Gasteiger partial charge < -0.3 is 20.1 Å². The Kier molecular flexibility index (Phi) is 4.47. The van der Waals surface area contributed by atoms with Crippen LogP contribution < -0.4 is 10.6 Å². The van der Waals surface area contributed by atoms with E-state index in [0.717, 1.165) is 6.07 Å². The van der Waals surface area contributed by atoms with Crippen LogP contribution in [0.2, 0.25) is 5.02 Å². The van der Waals surface area contributed by atoms with Crippen molar-refractivity contribution in [1.29, 1.82) is 0 Å². The largest absolute Gasteiger partial charge is 0.348 e. The summed E-state index contributed by atoms with van der Waals surface area (Å²) in [5.41, 5.74) is 0.342. The van der Waals surface area contributed by atoms with Gasteiger partial charge in [0.05, 0.1) is 17.3 Å². The minimum absolute atomic E-state index is 0.140. The van der Waals surface area contributed by atoms with Crippen LogP contribution in [0.25, 0.3) is 0 Å². The molecule has 0 saturated carbocycles. The van der Waals surface area contributed by atoms with Crippen LogP contribution in [-0.4, -0.2) is 31.1 Å². The predicted octanol–water partition coefficient (Wildman–Crippen LogP) is 2.75. The quantitative estimate of drug-likeness (QED) is 0.902. The van der Waals surface area contributed by atoms with Gasteiger partial charge in [0.15, 0.2) is 5.79 Å². The van der Waals surface area contributed by atoms with Crippen molar-refractivity contribution >= 4 is 23.3 Å². The second kappa shape index (κ2) is 5.95. The third kappa shape index (κ3) is 4.06. The van der Waals surface area contributed by atoms with E-state index < -0.39 is 17.6 Å². The van der Waals surface area contributed by atoms with Crippen molar-refractivity contribution in [3.05, 3.63) is 29.0 Å². The summed E-state index contributed by atoms with van der Waals surface area (Å²) < 4.78 is 23.8. The van der Waals surface area contributed by atoms with Gasteiger partial charge in [0, 0.05) is 6.54 Å². The molecule has 2 amide bonds. The fraction of sp³-hybridized carbons (Fsp3) is 0.462. The minimum atomic E-state index is -0.622. The van der Waals surface area contributed by atoms with E-state index in [9.17, 15) is 9.18 Å². The van der Waals surface area contributed by atoms with Crippen LogP contribution in [0.1, 0.15) is 13.8 Å². The molecule has 0 bridgehead atoms. The van der Waals surface area contributed by atoms with Crippen molar-refractivity contribution < 1.29 is 18.7 Å². The standard InChI is InChI=1S/C13H16ClFN2O3/c1-13(2)19-7-9(20-13)6-16-12(18)17-11-4-3-8(15)5-10(11)14/h3-5,9H,6-7H2,1-2H3,(H2,16,17,18)/t9-/m1/s1. The molecule has 1 aromatic carbocycles. The molecule has 1 heterocycles. The molecule has 1 saturated heterocycles. The first-order valence-electron chi connectivity index (χ1n) is 6.17. The number of hydrogen-bond donors (Lipinski definition) is 2. The second-order valence-electron chi connectivity index (χ2n) is 4.91. The molecule has 0 spiro atoms. The number of halogens is 2. The number of ether oxygens (including phenoxy) is 2. The molecule has 0 radical (unpaired) electrons. The zero-order valence-corrected chi connectivity index (χ0v) is 12.0. The molecule has 20 heavy (non-hydrogen) atoms. The first-order valence-corrected chi connectivity index (χ1v) is 6.55. The molecule has 1 aromatic rings. The van der Waals surface area contributed by atoms with E-state index in [1.54, 1.807) is 0 Å². The lowest BCUT2D eigenvalue weighted by atomic mass is 10.3. The van der Waals surface area contributed by atoms with Gasteiger partial charge in [-0.15, -0.1) is 0 Å². The lowest BCUT2D eigenvalue weighted by Crippen LogP contribution is -2.37. The van der Waals surface area contributed by atoms with Gasteiger partial charge in [-0.2, -0.15) is 0 Å². The molecule has 1 aliphatic heterocycles. The molecule has 110 valence electrons. The first-order chi connectivity index (χ1) is 9.35. The van der Waals surface area contributed by atoms with Crippen molar-refractivity contribution in [2.24, 2.45) is 0 Å². The average Bonchev–Trinajstić information content (AvgIpc) is 2.70. The molecule has 2 N–H and O–H groups in total. The molecular weight excluding hydrogens is 287 g/mol. The van der Waals surface area contributed by atoms with Gasteiger partial charge in [0.1, 0.15) is 11.9 Å². The van der Waals surface area contributed by atoms with E-state index in [1.165, 1.54) is 12.1 Å². The molecule has 0 aromatic heterocycles. The monoisotopic (exact) mass is 302 g/mol. The van der Waals surface area contributed by atoms with Gasteiger partial charge in [-0.05, 0) is 32.0 Å². The summed E-state index contributed by atoms with van der Waals surface area (Å²) in [5.74, 6) is -1.08. The maximum absolute atomic E-state index is 12.9. The van der Waals surface area contributed by atoms with Crippen molar-refractivity contribution in [3.8, 4) is 0 Å². The fourth-order valence-corrected chi connectivity index (χ4v) is 2.04. The number of nitrogens with one attached hydrogen (secondary N) is 2. The molecule has 0 aliphatic carbocycles. The van der Waals surface area contributed by atoms with Crippen molar-refractivity contribution in [2.75, 3.05) is 18.5 Å². The maximum atomic E-state index is 12.9. The Morgan fingerprint density at radius 3 is 2.90 bits per heavy atom. The molecule has 1 aliphatic rings. The van der Waals surface area contributed by atoms with Gasteiger partial charge in [-0.1, -0.05) is 11.6 Å². The Morgan fingerprint density at radius 2 is 2.30 bits per heavy atom. The summed E-state index contributed by atoms with van der Waals surface area (Å²) in [4.78, 5) is 11.7. The third-order valence-electron chi connectivity index (χ3n) is 2.74. The Bertz CT molecular complexity index is 510. The topological polar surface area (TPSA) is 59.6 Å². The molecule has 5 nitrogen and oxygen atoms in total. The zero-order chi connectivity index (χ0) is 14.8. The van der Waals surface area contributed by atoms with Crippen LogP contribution in [0, 0.1) is 5.82 Å². The smallest absolute Gasteiger partial charge is 0.319 e. The highest BCUT2D eigenvalue weighted by Gasteiger charge is 2.32. The highest BCUT2D eigenvalue weighted by atomic mass is 35.5. The highest BCUT2D eigenvalue weighted by Crippen LogP contribution is 2.23. The number of carbonyl (C=O) groups is 1. The maximum Gasteiger partial charge on any atom is 0.319 e. The van der Waals surface area contributed by atoms with Crippen LogP contribution in [0.4, 0.5) is 14.9 Å². The Balaban J connectivity index is 1.81. The number of hydrogen-bond acceptors (Lipinski definition) is 3. The first kappa shape index (κ1) is 15.0. The summed E-state index contributed by atoms with van der Waals surface area (Å²) in [6.45, 7) is 4.36. The third-order valence-corrected chi connectivity index (χ3v) is 3.05. The minimum Gasteiger partial charge on any atom is -0.348 e. The Hall–Kier alpha value is -1.37. The second-order valence-corrected chi connectivity index (χ2v) is 5.32. The van der Waals surface area contributed by atoms with E-state index in [4.69, 9.17) is 21.1 Å². The van der Waals surface area contributed by atoms with E-state index in [2.05, 4.69) is 10.6 Å². The molecule has 1 atom stereocenters. The Morgan fingerprint density at radius 1 is 1.55 bits per heavy atom. The normalized spacial score (nSPS) is 20.7. The number of rotatable bonds is 3. The summed E-state index contributed by atoms with van der Waals surface area (Å²) in [5, 5.41) is 5.32. The van der Waals surface area contributed by atoms with Gasteiger partial charge in [0.25, 0.3) is 0 Å². The van der Waals surface area contributed by atoms with Crippen LogP contribution in [0.5, 0.6) is 0 Å². The van der Waals surface area contributed by atoms with Crippen molar-refractivity contribution in [2.45, 2.75) is 25.7 Å². The molecule has 0 unspecified atom stereocenters. The van der Waals surface area contributed by atoms with Crippen LogP contribution >= 0.6 is 11.6 Å². The average molecular weight is 303 g/mol. The van der Waals surface area contributed by atoms with Crippen LogP contribution in [0.15, 0.2) is 18.2 Å². The lowest BCUT2D eigenvalue weighted by molar-refractivity contribution is -0.137. The van der Waals surface area contributed by atoms with E-state index in [-0.39, 0.29) is 11.1 Å². The number of anilines is 1. The van der Waals surface area contributed by atoms with E-state index in [0.29, 0.717) is 18.8 Å². The molecule has 2 rings (SSSR count). The SMILES string of the molecule is CC1(C)OC[C@@H](CNC(=O)Nc2ccc(F)cc2Cl)O1. The van der Waals surface area contributed by atoms with Gasteiger partial charge >= 0.3 is 6.03 Å². The molecular formula is C13H16ClFN2O3. The van der Waals surface area contributed by atoms with Crippen LogP contribution in [-0.2, 0) is 9.47 Å². The van der Waals surface area contributed by atoms with E-state index >= 15 is 0 Å². The zero-order valence-electron chi connectivity index (χ0n) is 11.2. The summed E-state index contributed by atoms with van der Waals surface area (Å²) in [6.07, 6.45) is -0.195. The number of urea groups is 1. The number of benzene rings is 1. The predicted molar refractivity (Wildman–Crippen MR) is 73.3 cm³/mol. The summed E-state index contributed by atoms with van der Waals surface area (Å²) in [7, 11) is 0. The van der Waals surface area contributed by atoms with Gasteiger partial charge in [-0.3, -0.25) is 0 Å². The number of amides is 2. The molecule has 7 heteroatoms. The summed E-state index contributed by atoms with van der Waals surface area (Å²) >= 11 is 5.81. The number of carbonyl (C=O) groups excluding carboxylic acids is 1. The highest BCUT2D eigenvalue weighted by molar-refractivity contribution is 6.33.